The van der Waals surface area contributed by atoms with Gasteiger partial charge in [0, 0.05) is 32.7 Å². The van der Waals surface area contributed by atoms with Gasteiger partial charge in [-0.3, -0.25) is 9.69 Å². The number of aromatic nitrogens is 2. The average Bonchev–Trinajstić information content (AvgIpc) is 2.95. The van der Waals surface area contributed by atoms with Crippen molar-refractivity contribution in [1.82, 2.24) is 14.9 Å². The third-order valence-electron chi connectivity index (χ3n) is 4.33. The highest BCUT2D eigenvalue weighted by Crippen LogP contribution is 2.19. The van der Waals surface area contributed by atoms with Crippen LogP contribution in [0.4, 0.5) is 0 Å². The predicted molar refractivity (Wildman–Crippen MR) is 83.9 cm³/mol. The maximum absolute atomic E-state index is 12.0. The van der Waals surface area contributed by atoms with E-state index >= 15 is 0 Å². The number of likely N-dealkylation sites (tertiary alicyclic amines) is 1. The number of benzene rings is 1. The van der Waals surface area contributed by atoms with Gasteiger partial charge in [-0.25, -0.2) is 4.98 Å². The van der Waals surface area contributed by atoms with Gasteiger partial charge in [0.15, 0.2) is 0 Å². The fourth-order valence-electron chi connectivity index (χ4n) is 3.08. The molecule has 1 aromatic carbocycles. The van der Waals surface area contributed by atoms with Gasteiger partial charge >= 0.3 is 0 Å². The summed E-state index contributed by atoms with van der Waals surface area (Å²) in [5, 5.41) is 10.1. The molecule has 6 heteroatoms. The molecule has 118 valence electrons. The summed E-state index contributed by atoms with van der Waals surface area (Å²) in [6.45, 7) is 1.67. The monoisotopic (exact) mass is 303 g/mol. The highest BCUT2D eigenvalue weighted by molar-refractivity contribution is 5.77. The summed E-state index contributed by atoms with van der Waals surface area (Å²) in [6, 6.07) is 7.46. The van der Waals surface area contributed by atoms with Crippen molar-refractivity contribution in [3.05, 3.63) is 40.4 Å². The molecular formula is C16H21N3O3. The van der Waals surface area contributed by atoms with Crippen LogP contribution in [0.25, 0.3) is 10.9 Å². The lowest BCUT2D eigenvalue weighted by atomic mass is 10.2. The quantitative estimate of drug-likeness (QED) is 0.843. The Hall–Kier alpha value is -1.76. The third kappa shape index (κ3) is 3.04. The second kappa shape index (κ2) is 6.56. The van der Waals surface area contributed by atoms with Crippen molar-refractivity contribution in [2.24, 2.45) is 0 Å². The Morgan fingerprint density at radius 2 is 2.27 bits per heavy atom. The van der Waals surface area contributed by atoms with E-state index < -0.39 is 0 Å². The van der Waals surface area contributed by atoms with Gasteiger partial charge in [-0.1, -0.05) is 12.1 Å². The van der Waals surface area contributed by atoms with Gasteiger partial charge in [-0.05, 0) is 18.6 Å². The summed E-state index contributed by atoms with van der Waals surface area (Å²) in [6.07, 6.45) is 1.66. The number of aliphatic hydroxyl groups excluding tert-OH is 1. The molecule has 0 amide bonds. The molecule has 1 aliphatic heterocycles. The molecule has 2 aromatic rings. The lowest BCUT2D eigenvalue weighted by Gasteiger charge is -2.21. The van der Waals surface area contributed by atoms with Crippen LogP contribution in [0.3, 0.4) is 0 Å². The zero-order valence-electron chi connectivity index (χ0n) is 12.7. The molecule has 1 fully saturated rings. The second-order valence-electron chi connectivity index (χ2n) is 5.70. The van der Waals surface area contributed by atoms with Crippen LogP contribution in [0, 0.1) is 0 Å². The number of para-hydroxylation sites is 1. The number of nitrogens with one attached hydrogen (secondary N) is 1. The standard InChI is InChI=1S/C16H21N3O3/c1-22-12-8-11(10-20)19(9-12)7-6-15-17-14-5-3-2-4-13(14)16(21)18-15/h2-5,11-12,20H,6-10H2,1H3,(H,17,18,21)/t11-,12+/m0/s1. The highest BCUT2D eigenvalue weighted by atomic mass is 16.5. The third-order valence-corrected chi connectivity index (χ3v) is 4.33. The molecule has 6 nitrogen and oxygen atoms in total. The topological polar surface area (TPSA) is 78.5 Å². The summed E-state index contributed by atoms with van der Waals surface area (Å²) in [4.78, 5) is 21.6. The first-order chi connectivity index (χ1) is 10.7. The van der Waals surface area contributed by atoms with E-state index in [0.717, 1.165) is 25.0 Å². The van der Waals surface area contributed by atoms with E-state index in [1.807, 2.05) is 18.2 Å². The molecule has 0 unspecified atom stereocenters. The van der Waals surface area contributed by atoms with Crippen LogP contribution in [0.15, 0.2) is 29.1 Å². The number of nitrogens with zero attached hydrogens (tertiary/aromatic N) is 2. The molecule has 0 radical (unpaired) electrons. The van der Waals surface area contributed by atoms with Crippen molar-refractivity contribution in [3.8, 4) is 0 Å². The minimum atomic E-state index is -0.101. The van der Waals surface area contributed by atoms with Crippen LogP contribution in [0.2, 0.25) is 0 Å². The molecule has 0 bridgehead atoms. The Labute approximate surface area is 128 Å². The van der Waals surface area contributed by atoms with Crippen molar-refractivity contribution in [3.63, 3.8) is 0 Å². The lowest BCUT2D eigenvalue weighted by molar-refractivity contribution is 0.108. The van der Waals surface area contributed by atoms with Crippen LogP contribution in [-0.2, 0) is 11.2 Å². The first-order valence-corrected chi connectivity index (χ1v) is 7.57. The number of hydrogen-bond acceptors (Lipinski definition) is 5. The highest BCUT2D eigenvalue weighted by Gasteiger charge is 2.31. The largest absolute Gasteiger partial charge is 0.395 e. The molecule has 0 spiro atoms. The number of ether oxygens (including phenoxy) is 1. The smallest absolute Gasteiger partial charge is 0.258 e. The molecule has 22 heavy (non-hydrogen) atoms. The number of methoxy groups -OCH3 is 1. The Bertz CT molecular complexity index is 700. The average molecular weight is 303 g/mol. The fourth-order valence-corrected chi connectivity index (χ4v) is 3.08. The van der Waals surface area contributed by atoms with Gasteiger partial charge < -0.3 is 14.8 Å². The van der Waals surface area contributed by atoms with Gasteiger partial charge in [-0.15, -0.1) is 0 Å². The summed E-state index contributed by atoms with van der Waals surface area (Å²) in [5.41, 5.74) is 0.617. The Kier molecular flexibility index (Phi) is 4.52. The normalized spacial score (nSPS) is 22.5. The van der Waals surface area contributed by atoms with Gasteiger partial charge in [0.25, 0.3) is 5.56 Å². The minimum Gasteiger partial charge on any atom is -0.395 e. The van der Waals surface area contributed by atoms with E-state index in [-0.39, 0.29) is 24.3 Å². The zero-order valence-corrected chi connectivity index (χ0v) is 12.7. The van der Waals surface area contributed by atoms with Crippen molar-refractivity contribution in [1.29, 1.82) is 0 Å². The van der Waals surface area contributed by atoms with Crippen LogP contribution in [0.1, 0.15) is 12.2 Å². The molecule has 1 aliphatic rings. The first kappa shape index (κ1) is 15.1. The SMILES string of the molecule is CO[C@@H]1C[C@@H](CO)N(CCc2nc3ccccc3c(=O)[nH]2)C1. The van der Waals surface area contributed by atoms with E-state index in [2.05, 4.69) is 14.9 Å². The summed E-state index contributed by atoms with van der Waals surface area (Å²) in [7, 11) is 1.70. The van der Waals surface area contributed by atoms with Crippen molar-refractivity contribution in [2.45, 2.75) is 25.0 Å². The number of aliphatic hydroxyl groups is 1. The maximum Gasteiger partial charge on any atom is 0.258 e. The molecule has 1 saturated heterocycles. The van der Waals surface area contributed by atoms with E-state index in [0.29, 0.717) is 17.6 Å². The second-order valence-corrected chi connectivity index (χ2v) is 5.70. The van der Waals surface area contributed by atoms with Crippen LogP contribution in [-0.4, -0.2) is 58.9 Å². The van der Waals surface area contributed by atoms with Crippen molar-refractivity contribution in [2.75, 3.05) is 26.8 Å². The van der Waals surface area contributed by atoms with Gasteiger partial charge in [0.1, 0.15) is 5.82 Å². The molecule has 3 rings (SSSR count). The molecule has 2 atom stereocenters. The Balaban J connectivity index is 1.72. The van der Waals surface area contributed by atoms with E-state index in [4.69, 9.17) is 4.74 Å². The minimum absolute atomic E-state index is 0.101. The molecule has 2 N–H and O–H groups in total. The summed E-state index contributed by atoms with van der Waals surface area (Å²) < 4.78 is 5.38. The van der Waals surface area contributed by atoms with Gasteiger partial charge in [0.05, 0.1) is 23.6 Å². The van der Waals surface area contributed by atoms with E-state index in [1.54, 1.807) is 13.2 Å². The summed E-state index contributed by atoms with van der Waals surface area (Å²) in [5.74, 6) is 0.682. The predicted octanol–water partition coefficient (Wildman–Crippen LogP) is 0.547. The van der Waals surface area contributed by atoms with Crippen LogP contribution >= 0.6 is 0 Å². The summed E-state index contributed by atoms with van der Waals surface area (Å²) >= 11 is 0. The Morgan fingerprint density at radius 1 is 1.45 bits per heavy atom. The van der Waals surface area contributed by atoms with E-state index in [1.165, 1.54) is 0 Å². The van der Waals surface area contributed by atoms with E-state index in [9.17, 15) is 9.90 Å². The zero-order chi connectivity index (χ0) is 15.5. The molecule has 2 heterocycles. The number of H-pyrrole nitrogens is 1. The molecule has 0 saturated carbocycles. The molecule has 0 aliphatic carbocycles. The number of fused-ring (bicyclic) bond motifs is 1. The number of rotatable bonds is 5. The maximum atomic E-state index is 12.0. The van der Waals surface area contributed by atoms with Crippen molar-refractivity contribution >= 4 is 10.9 Å². The molecule has 1 aromatic heterocycles. The van der Waals surface area contributed by atoms with Gasteiger partial charge in [0.2, 0.25) is 0 Å². The number of hydrogen-bond donors (Lipinski definition) is 2. The lowest BCUT2D eigenvalue weighted by Crippen LogP contribution is -2.34. The Morgan fingerprint density at radius 3 is 3.05 bits per heavy atom. The van der Waals surface area contributed by atoms with Crippen molar-refractivity contribution < 1.29 is 9.84 Å². The fraction of sp³-hybridized carbons (Fsp3) is 0.500. The number of aromatic amines is 1. The first-order valence-electron chi connectivity index (χ1n) is 7.57. The van der Waals surface area contributed by atoms with Crippen LogP contribution < -0.4 is 5.56 Å². The van der Waals surface area contributed by atoms with Crippen LogP contribution in [0.5, 0.6) is 0 Å². The molecular weight excluding hydrogens is 282 g/mol. The van der Waals surface area contributed by atoms with Gasteiger partial charge in [-0.2, -0.15) is 0 Å².